The quantitative estimate of drug-likeness (QED) is 0.829. The van der Waals surface area contributed by atoms with Crippen LogP contribution in [-0.4, -0.2) is 68.8 Å². The van der Waals surface area contributed by atoms with Crippen molar-refractivity contribution in [1.82, 2.24) is 15.1 Å². The van der Waals surface area contributed by atoms with E-state index >= 15 is 0 Å². The molecule has 2 fully saturated rings. The molecule has 0 radical (unpaired) electrons. The summed E-state index contributed by atoms with van der Waals surface area (Å²) in [6.45, 7) is 10.0. The van der Waals surface area contributed by atoms with Gasteiger partial charge in [0.05, 0.1) is 5.02 Å². The van der Waals surface area contributed by atoms with Gasteiger partial charge in [0.1, 0.15) is 12.4 Å². The second kappa shape index (κ2) is 10.5. The Bertz CT molecular complexity index is 475. The topological polar surface area (TPSA) is 27.7 Å². The van der Waals surface area contributed by atoms with Gasteiger partial charge >= 0.3 is 0 Å². The third-order valence-electron chi connectivity index (χ3n) is 4.88. The molecular weight excluding hydrogens is 345 g/mol. The van der Waals surface area contributed by atoms with E-state index in [0.717, 1.165) is 31.3 Å². The van der Waals surface area contributed by atoms with Gasteiger partial charge in [-0.1, -0.05) is 23.7 Å². The Morgan fingerprint density at radius 3 is 2.58 bits per heavy atom. The van der Waals surface area contributed by atoms with E-state index in [1.54, 1.807) is 0 Å². The number of benzene rings is 1. The summed E-state index contributed by atoms with van der Waals surface area (Å²) >= 11 is 6.11. The highest BCUT2D eigenvalue weighted by Crippen LogP contribution is 2.23. The Morgan fingerprint density at radius 2 is 1.88 bits per heavy atom. The molecule has 2 aliphatic heterocycles. The number of halogens is 2. The number of piperidine rings is 1. The van der Waals surface area contributed by atoms with Crippen LogP contribution in [0, 0.1) is 5.92 Å². The summed E-state index contributed by atoms with van der Waals surface area (Å²) in [5, 5.41) is 4.21. The van der Waals surface area contributed by atoms with E-state index in [1.807, 2.05) is 24.3 Å². The lowest BCUT2D eigenvalue weighted by Gasteiger charge is -2.37. The molecule has 1 aromatic carbocycles. The summed E-state index contributed by atoms with van der Waals surface area (Å²) in [7, 11) is 0. The maximum Gasteiger partial charge on any atom is 0.137 e. The molecule has 2 heterocycles. The predicted octanol–water partition coefficient (Wildman–Crippen LogP) is 2.76. The van der Waals surface area contributed by atoms with Gasteiger partial charge < -0.3 is 15.0 Å². The minimum atomic E-state index is 0. The fraction of sp³-hybridized carbons (Fsp3) is 0.667. The Balaban J connectivity index is 0.00000208. The zero-order valence-electron chi connectivity index (χ0n) is 14.3. The number of hydrogen-bond acceptors (Lipinski definition) is 4. The first kappa shape index (κ1) is 19.8. The van der Waals surface area contributed by atoms with Gasteiger partial charge in [0.25, 0.3) is 0 Å². The van der Waals surface area contributed by atoms with E-state index in [0.29, 0.717) is 11.6 Å². The minimum absolute atomic E-state index is 0. The lowest BCUT2D eigenvalue weighted by molar-refractivity contribution is 0.101. The molecule has 0 spiro atoms. The average Bonchev–Trinajstić information content (AvgIpc) is 2.59. The number of rotatable bonds is 6. The fourth-order valence-corrected chi connectivity index (χ4v) is 3.68. The molecule has 0 aromatic heterocycles. The van der Waals surface area contributed by atoms with Crippen molar-refractivity contribution in [2.75, 3.05) is 59.0 Å². The van der Waals surface area contributed by atoms with Crippen LogP contribution in [0.1, 0.15) is 12.8 Å². The molecule has 0 saturated carbocycles. The summed E-state index contributed by atoms with van der Waals surface area (Å²) in [5.41, 5.74) is 0. The first-order valence-electron chi connectivity index (χ1n) is 8.84. The van der Waals surface area contributed by atoms with E-state index in [4.69, 9.17) is 16.3 Å². The third-order valence-corrected chi connectivity index (χ3v) is 5.19. The summed E-state index contributed by atoms with van der Waals surface area (Å²) in [4.78, 5) is 5.12. The second-order valence-corrected chi connectivity index (χ2v) is 7.04. The molecule has 1 aromatic rings. The number of nitrogens with zero attached hydrogens (tertiary/aromatic N) is 2. The van der Waals surface area contributed by atoms with Crippen molar-refractivity contribution < 1.29 is 4.74 Å². The highest BCUT2D eigenvalue weighted by Gasteiger charge is 2.21. The SMILES string of the molecule is Cl.Clc1ccccc1OCCN1CCN(CC2CCCNC2)CC1. The minimum Gasteiger partial charge on any atom is -0.491 e. The number of para-hydroxylation sites is 1. The summed E-state index contributed by atoms with van der Waals surface area (Å²) in [6.07, 6.45) is 2.73. The molecule has 0 amide bonds. The molecule has 3 rings (SSSR count). The highest BCUT2D eigenvalue weighted by atomic mass is 35.5. The fourth-order valence-electron chi connectivity index (χ4n) is 3.49. The molecule has 2 aliphatic rings. The Morgan fingerprint density at radius 1 is 1.12 bits per heavy atom. The first-order valence-corrected chi connectivity index (χ1v) is 9.22. The molecule has 4 nitrogen and oxygen atoms in total. The van der Waals surface area contributed by atoms with Crippen LogP contribution in [-0.2, 0) is 0 Å². The van der Waals surface area contributed by atoms with Gasteiger partial charge in [0.2, 0.25) is 0 Å². The van der Waals surface area contributed by atoms with E-state index in [-0.39, 0.29) is 12.4 Å². The Hall–Kier alpha value is -0.520. The molecule has 2 saturated heterocycles. The molecule has 0 bridgehead atoms. The van der Waals surface area contributed by atoms with Crippen LogP contribution >= 0.6 is 24.0 Å². The smallest absolute Gasteiger partial charge is 0.137 e. The maximum atomic E-state index is 6.11. The van der Waals surface area contributed by atoms with Crippen molar-refractivity contribution in [2.24, 2.45) is 5.92 Å². The zero-order chi connectivity index (χ0) is 15.9. The Kier molecular flexibility index (Phi) is 8.63. The summed E-state index contributed by atoms with van der Waals surface area (Å²) < 4.78 is 5.79. The maximum absolute atomic E-state index is 6.11. The number of hydrogen-bond donors (Lipinski definition) is 1. The predicted molar refractivity (Wildman–Crippen MR) is 103 cm³/mol. The van der Waals surface area contributed by atoms with E-state index in [9.17, 15) is 0 Å². The summed E-state index contributed by atoms with van der Waals surface area (Å²) in [6, 6.07) is 7.69. The normalized spacial score (nSPS) is 22.8. The van der Waals surface area contributed by atoms with Gasteiger partial charge in [-0.2, -0.15) is 0 Å². The van der Waals surface area contributed by atoms with E-state index < -0.39 is 0 Å². The number of ether oxygens (including phenoxy) is 1. The summed E-state index contributed by atoms with van der Waals surface area (Å²) in [5.74, 6) is 1.64. The van der Waals surface area contributed by atoms with Crippen LogP contribution < -0.4 is 10.1 Å². The molecule has 0 aliphatic carbocycles. The van der Waals surface area contributed by atoms with Crippen LogP contribution in [0.25, 0.3) is 0 Å². The van der Waals surface area contributed by atoms with Gasteiger partial charge in [0.15, 0.2) is 0 Å². The van der Waals surface area contributed by atoms with Gasteiger partial charge in [-0.3, -0.25) is 4.90 Å². The van der Waals surface area contributed by atoms with Gasteiger partial charge in [-0.15, -0.1) is 12.4 Å². The van der Waals surface area contributed by atoms with Crippen LogP contribution in [0.3, 0.4) is 0 Å². The van der Waals surface area contributed by atoms with Crippen molar-refractivity contribution in [3.05, 3.63) is 29.3 Å². The van der Waals surface area contributed by atoms with E-state index in [2.05, 4.69) is 15.1 Å². The Labute approximate surface area is 156 Å². The largest absolute Gasteiger partial charge is 0.491 e. The van der Waals surface area contributed by atoms with Crippen molar-refractivity contribution in [2.45, 2.75) is 12.8 Å². The number of nitrogens with one attached hydrogen (secondary N) is 1. The average molecular weight is 374 g/mol. The van der Waals surface area contributed by atoms with Crippen LogP contribution in [0.4, 0.5) is 0 Å². The van der Waals surface area contributed by atoms with Gasteiger partial charge in [-0.05, 0) is 44.0 Å². The lowest BCUT2D eigenvalue weighted by atomic mass is 9.99. The zero-order valence-corrected chi connectivity index (χ0v) is 15.8. The highest BCUT2D eigenvalue weighted by molar-refractivity contribution is 6.32. The van der Waals surface area contributed by atoms with Crippen LogP contribution in [0.2, 0.25) is 5.02 Å². The number of piperazine rings is 1. The second-order valence-electron chi connectivity index (χ2n) is 6.63. The van der Waals surface area contributed by atoms with Gasteiger partial charge in [0, 0.05) is 39.3 Å². The third kappa shape index (κ3) is 6.08. The molecule has 6 heteroatoms. The molecule has 1 N–H and O–H groups in total. The van der Waals surface area contributed by atoms with E-state index in [1.165, 1.54) is 45.6 Å². The van der Waals surface area contributed by atoms with Crippen molar-refractivity contribution in [3.63, 3.8) is 0 Å². The van der Waals surface area contributed by atoms with Crippen LogP contribution in [0.5, 0.6) is 5.75 Å². The van der Waals surface area contributed by atoms with Crippen LogP contribution in [0.15, 0.2) is 24.3 Å². The van der Waals surface area contributed by atoms with Crippen molar-refractivity contribution in [3.8, 4) is 5.75 Å². The first-order chi connectivity index (χ1) is 11.3. The molecule has 136 valence electrons. The monoisotopic (exact) mass is 373 g/mol. The molecule has 24 heavy (non-hydrogen) atoms. The molecule has 1 atom stereocenters. The van der Waals surface area contributed by atoms with Crippen molar-refractivity contribution >= 4 is 24.0 Å². The lowest BCUT2D eigenvalue weighted by Crippen LogP contribution is -2.49. The van der Waals surface area contributed by atoms with Crippen molar-refractivity contribution in [1.29, 1.82) is 0 Å². The standard InChI is InChI=1S/C18H28ClN3O.ClH/c19-17-5-1-2-6-18(17)23-13-12-21-8-10-22(11-9-21)15-16-4-3-7-20-14-16;/h1-2,5-6,16,20H,3-4,7-15H2;1H. The molecule has 1 unspecified atom stereocenters. The van der Waals surface area contributed by atoms with Gasteiger partial charge in [-0.25, -0.2) is 0 Å². The molecular formula is C18H29Cl2N3O.